The van der Waals surface area contributed by atoms with Crippen molar-refractivity contribution in [1.82, 2.24) is 15.3 Å². The number of pyridine rings is 1. The van der Waals surface area contributed by atoms with Crippen LogP contribution in [0.4, 0.5) is 0 Å². The number of H-pyrrole nitrogens is 1. The third-order valence-electron chi connectivity index (χ3n) is 5.62. The Balaban J connectivity index is 1.58. The predicted molar refractivity (Wildman–Crippen MR) is 140 cm³/mol. The van der Waals surface area contributed by atoms with Gasteiger partial charge in [0.05, 0.1) is 29.9 Å². The lowest BCUT2D eigenvalue weighted by Gasteiger charge is -2.19. The van der Waals surface area contributed by atoms with E-state index in [0.29, 0.717) is 23.3 Å². The Bertz CT molecular complexity index is 1500. The fraction of sp³-hybridized carbons (Fsp3) is 0.207. The van der Waals surface area contributed by atoms with Crippen LogP contribution in [0.25, 0.3) is 10.9 Å². The Hall–Kier alpha value is -4.61. The summed E-state index contributed by atoms with van der Waals surface area (Å²) in [5, 5.41) is 23.1. The molecule has 0 aliphatic heterocycles. The van der Waals surface area contributed by atoms with E-state index >= 15 is 0 Å². The Labute approximate surface area is 214 Å². The third-order valence-corrected chi connectivity index (χ3v) is 5.62. The molecule has 37 heavy (non-hydrogen) atoms. The first-order chi connectivity index (χ1) is 17.8. The number of aliphatic hydroxyl groups excluding tert-OH is 1. The van der Waals surface area contributed by atoms with Gasteiger partial charge in [-0.05, 0) is 56.2 Å². The van der Waals surface area contributed by atoms with E-state index in [1.165, 1.54) is 18.5 Å². The molecular weight excluding hydrogens is 470 g/mol. The van der Waals surface area contributed by atoms with Crippen LogP contribution in [-0.2, 0) is 6.42 Å². The molecule has 0 saturated heterocycles. The van der Waals surface area contributed by atoms with Gasteiger partial charge in [0.15, 0.2) is 0 Å². The number of nitrogens with one attached hydrogen (secondary N) is 2. The van der Waals surface area contributed by atoms with Crippen molar-refractivity contribution < 1.29 is 24.5 Å². The van der Waals surface area contributed by atoms with Crippen LogP contribution in [0.3, 0.4) is 0 Å². The molecule has 188 valence electrons. The van der Waals surface area contributed by atoms with Gasteiger partial charge in [0.25, 0.3) is 5.91 Å². The van der Waals surface area contributed by atoms with Crippen LogP contribution in [0.15, 0.2) is 67.1 Å². The topological polar surface area (TPSA) is 125 Å². The van der Waals surface area contributed by atoms with Crippen molar-refractivity contribution in [3.8, 4) is 17.6 Å². The number of ether oxygens (including phenoxy) is 1. The second-order valence-corrected chi connectivity index (χ2v) is 8.81. The molecule has 8 heteroatoms. The van der Waals surface area contributed by atoms with Crippen molar-refractivity contribution in [3.05, 3.63) is 94.9 Å². The zero-order valence-corrected chi connectivity index (χ0v) is 20.5. The number of nitrogens with zero attached hydrogens (tertiary/aromatic N) is 1. The number of hydrogen-bond donors (Lipinski definition) is 4. The number of carbonyl (C=O) groups excluding carboxylic acids is 1. The summed E-state index contributed by atoms with van der Waals surface area (Å²) in [6, 6.07) is 13.8. The molecule has 0 saturated carbocycles. The molecule has 4 rings (SSSR count). The summed E-state index contributed by atoms with van der Waals surface area (Å²) >= 11 is 0. The smallest absolute Gasteiger partial charge is 0.337 e. The number of aromatic nitrogens is 2. The number of fused-ring (bicyclic) bond motifs is 1. The van der Waals surface area contributed by atoms with Crippen molar-refractivity contribution in [2.75, 3.05) is 6.61 Å². The summed E-state index contributed by atoms with van der Waals surface area (Å²) in [5.41, 5.74) is 3.29. The Morgan fingerprint density at radius 3 is 2.62 bits per heavy atom. The number of aliphatic hydroxyl groups is 1. The van der Waals surface area contributed by atoms with Crippen molar-refractivity contribution in [2.45, 2.75) is 32.4 Å². The molecule has 2 heterocycles. The zero-order chi connectivity index (χ0) is 26.4. The first-order valence-electron chi connectivity index (χ1n) is 11.8. The molecule has 0 spiro atoms. The van der Waals surface area contributed by atoms with Crippen molar-refractivity contribution in [1.29, 1.82) is 0 Å². The van der Waals surface area contributed by atoms with Gasteiger partial charge >= 0.3 is 5.97 Å². The first kappa shape index (κ1) is 25.5. The second-order valence-electron chi connectivity index (χ2n) is 8.81. The molecule has 8 nitrogen and oxygen atoms in total. The normalized spacial score (nSPS) is 11.6. The molecule has 2 aromatic heterocycles. The highest BCUT2D eigenvalue weighted by molar-refractivity contribution is 5.97. The summed E-state index contributed by atoms with van der Waals surface area (Å²) in [6.07, 6.45) is 4.89. The lowest BCUT2D eigenvalue weighted by Crippen LogP contribution is -2.39. The summed E-state index contributed by atoms with van der Waals surface area (Å²) < 4.78 is 5.85. The summed E-state index contributed by atoms with van der Waals surface area (Å²) in [6.45, 7) is 3.49. The van der Waals surface area contributed by atoms with Crippen LogP contribution >= 0.6 is 0 Å². The van der Waals surface area contributed by atoms with Crippen LogP contribution in [-0.4, -0.2) is 50.8 Å². The maximum atomic E-state index is 13.3. The number of benzene rings is 2. The van der Waals surface area contributed by atoms with Crippen molar-refractivity contribution in [2.24, 2.45) is 0 Å². The van der Waals surface area contributed by atoms with Gasteiger partial charge in [-0.2, -0.15) is 0 Å². The monoisotopic (exact) mass is 497 g/mol. The van der Waals surface area contributed by atoms with Gasteiger partial charge in [-0.1, -0.05) is 30.0 Å². The number of para-hydroxylation sites is 1. The number of aromatic carboxylic acids is 1. The number of aromatic amines is 1. The second kappa shape index (κ2) is 11.4. The Morgan fingerprint density at radius 2 is 1.86 bits per heavy atom. The lowest BCUT2D eigenvalue weighted by atomic mass is 10.0. The minimum Gasteiger partial charge on any atom is -0.490 e. The molecule has 0 fully saturated rings. The molecule has 0 aliphatic carbocycles. The highest BCUT2D eigenvalue weighted by atomic mass is 16.5. The molecule has 0 radical (unpaired) electrons. The van der Waals surface area contributed by atoms with E-state index < -0.39 is 17.9 Å². The van der Waals surface area contributed by atoms with E-state index in [-0.39, 0.29) is 23.8 Å². The van der Waals surface area contributed by atoms with E-state index in [1.54, 1.807) is 18.2 Å². The molecule has 2 aromatic carbocycles. The van der Waals surface area contributed by atoms with Gasteiger partial charge in [0, 0.05) is 40.6 Å². The van der Waals surface area contributed by atoms with Gasteiger partial charge < -0.3 is 25.3 Å². The van der Waals surface area contributed by atoms with Crippen molar-refractivity contribution in [3.63, 3.8) is 0 Å². The number of carboxylic acid groups (broad SMARTS) is 1. The number of carbonyl (C=O) groups is 2. The van der Waals surface area contributed by atoms with Crippen LogP contribution < -0.4 is 10.1 Å². The summed E-state index contributed by atoms with van der Waals surface area (Å²) in [7, 11) is 0. The van der Waals surface area contributed by atoms with Crippen molar-refractivity contribution >= 4 is 22.8 Å². The molecule has 1 atom stereocenters. The van der Waals surface area contributed by atoms with Gasteiger partial charge in [-0.3, -0.25) is 9.78 Å². The average molecular weight is 498 g/mol. The minimum absolute atomic E-state index is 0.0396. The van der Waals surface area contributed by atoms with Gasteiger partial charge in [-0.25, -0.2) is 4.79 Å². The molecule has 4 aromatic rings. The molecule has 4 N–H and O–H groups in total. The van der Waals surface area contributed by atoms with Crippen LogP contribution in [0, 0.1) is 11.8 Å². The molecular formula is C29H27N3O5. The predicted octanol–water partition coefficient (Wildman–Crippen LogP) is 3.78. The molecule has 1 amide bonds. The maximum absolute atomic E-state index is 13.3. The summed E-state index contributed by atoms with van der Waals surface area (Å²) in [4.78, 5) is 31.6. The third kappa shape index (κ3) is 6.34. The average Bonchev–Trinajstić information content (AvgIpc) is 3.30. The van der Waals surface area contributed by atoms with E-state index in [0.717, 1.165) is 16.5 Å². The number of hydrogen-bond acceptors (Lipinski definition) is 5. The highest BCUT2D eigenvalue weighted by Gasteiger charge is 2.19. The number of amides is 1. The molecule has 0 unspecified atom stereocenters. The fourth-order valence-electron chi connectivity index (χ4n) is 3.90. The van der Waals surface area contributed by atoms with E-state index in [1.807, 2.05) is 44.3 Å². The lowest BCUT2D eigenvalue weighted by molar-refractivity contribution is 0.0696. The number of rotatable bonds is 8. The number of carboxylic acids is 1. The van der Waals surface area contributed by atoms with Gasteiger partial charge in [-0.15, -0.1) is 0 Å². The molecule has 0 bridgehead atoms. The van der Waals surface area contributed by atoms with Crippen LogP contribution in [0.2, 0.25) is 0 Å². The quantitative estimate of drug-likeness (QED) is 0.275. The van der Waals surface area contributed by atoms with Crippen LogP contribution in [0.1, 0.15) is 51.3 Å². The largest absolute Gasteiger partial charge is 0.490 e. The Kier molecular flexibility index (Phi) is 7.86. The SMILES string of the molecule is CC(C)Oc1ccc(C#Cc2cncc(C(=O)O)c2)cc1C(=O)N[C@@H](CO)Cc1c[nH]c2ccccc12. The summed E-state index contributed by atoms with van der Waals surface area (Å²) in [5.74, 6) is 4.76. The standard InChI is InChI=1S/C29H27N3O5/c1-18(2)37-27-10-9-19(7-8-20-11-22(29(35)36)15-30-14-20)12-25(27)28(34)32-23(17-33)13-21-16-31-26-6-4-3-5-24(21)26/h3-6,9-12,14-16,18,23,31,33H,13,17H2,1-2H3,(H,32,34)(H,35,36)/t23-/m1/s1. The van der Waals surface area contributed by atoms with E-state index in [4.69, 9.17) is 9.84 Å². The van der Waals surface area contributed by atoms with Gasteiger partial charge in [0.1, 0.15) is 5.75 Å². The maximum Gasteiger partial charge on any atom is 0.337 e. The van der Waals surface area contributed by atoms with E-state index in [9.17, 15) is 14.7 Å². The molecule has 0 aliphatic rings. The Morgan fingerprint density at radius 1 is 1.08 bits per heavy atom. The zero-order valence-electron chi connectivity index (χ0n) is 20.5. The minimum atomic E-state index is -1.09. The first-order valence-corrected chi connectivity index (χ1v) is 11.8. The highest BCUT2D eigenvalue weighted by Crippen LogP contribution is 2.23. The fourth-order valence-corrected chi connectivity index (χ4v) is 3.90. The van der Waals surface area contributed by atoms with Gasteiger partial charge in [0.2, 0.25) is 0 Å². The van der Waals surface area contributed by atoms with E-state index in [2.05, 4.69) is 27.1 Å². The van der Waals surface area contributed by atoms with Crippen LogP contribution in [0.5, 0.6) is 5.75 Å².